The average Bonchev–Trinajstić information content (AvgIpc) is 3.01. The number of morpholine rings is 1. The lowest BCUT2D eigenvalue weighted by molar-refractivity contribution is 0.0138. The minimum Gasteiger partial charge on any atom is -0.374 e. The van der Waals surface area contributed by atoms with E-state index >= 15 is 0 Å². The van der Waals surface area contributed by atoms with E-state index in [0.717, 1.165) is 56.5 Å². The molecule has 2 atom stereocenters. The SMILES string of the molecule is C=NN(/C=C(\C)Nc1ncnc(N2CCN(c3ncc([C@H](C)c4ccccc4)cn3)CC2)n1)CC1CNCCO1. The summed E-state index contributed by atoms with van der Waals surface area (Å²) in [7, 11) is 0. The monoisotopic (exact) mass is 543 g/mol. The molecule has 2 saturated heterocycles. The number of aromatic nitrogens is 5. The van der Waals surface area contributed by atoms with E-state index in [9.17, 15) is 0 Å². The van der Waals surface area contributed by atoms with Crippen molar-refractivity contribution < 1.29 is 4.74 Å². The van der Waals surface area contributed by atoms with Crippen molar-refractivity contribution in [1.82, 2.24) is 35.2 Å². The van der Waals surface area contributed by atoms with Crippen molar-refractivity contribution in [3.05, 3.63) is 72.1 Å². The third-order valence-corrected chi connectivity index (χ3v) is 7.09. The molecular weight excluding hydrogens is 506 g/mol. The van der Waals surface area contributed by atoms with Gasteiger partial charge in [0.15, 0.2) is 0 Å². The number of anilines is 3. The van der Waals surface area contributed by atoms with Gasteiger partial charge in [-0.1, -0.05) is 37.3 Å². The van der Waals surface area contributed by atoms with Crippen molar-refractivity contribution in [2.24, 2.45) is 5.10 Å². The van der Waals surface area contributed by atoms with Crippen molar-refractivity contribution >= 4 is 24.6 Å². The smallest absolute Gasteiger partial charge is 0.231 e. The van der Waals surface area contributed by atoms with Gasteiger partial charge in [-0.15, -0.1) is 0 Å². The topological polar surface area (TPSA) is 120 Å². The summed E-state index contributed by atoms with van der Waals surface area (Å²) >= 11 is 0. The number of ether oxygens (including phenoxy) is 1. The van der Waals surface area contributed by atoms with Gasteiger partial charge in [0, 0.05) is 76.2 Å². The van der Waals surface area contributed by atoms with Crippen LogP contribution in [0, 0.1) is 0 Å². The summed E-state index contributed by atoms with van der Waals surface area (Å²) in [6.07, 6.45) is 7.35. The molecule has 0 spiro atoms. The molecule has 5 rings (SSSR count). The number of hydrogen-bond acceptors (Lipinski definition) is 12. The third-order valence-electron chi connectivity index (χ3n) is 7.09. The Kier molecular flexibility index (Phi) is 9.09. The van der Waals surface area contributed by atoms with Crippen LogP contribution in [0.5, 0.6) is 0 Å². The number of rotatable bonds is 10. The van der Waals surface area contributed by atoms with Gasteiger partial charge >= 0.3 is 0 Å². The van der Waals surface area contributed by atoms with E-state index in [4.69, 9.17) is 4.74 Å². The predicted molar refractivity (Wildman–Crippen MR) is 156 cm³/mol. The maximum absolute atomic E-state index is 5.77. The van der Waals surface area contributed by atoms with Crippen LogP contribution in [0.3, 0.4) is 0 Å². The Balaban J connectivity index is 1.14. The van der Waals surface area contributed by atoms with Crippen LogP contribution in [0.4, 0.5) is 17.8 Å². The van der Waals surface area contributed by atoms with Gasteiger partial charge in [0.25, 0.3) is 0 Å². The summed E-state index contributed by atoms with van der Waals surface area (Å²) in [6.45, 7) is 13.8. The summed E-state index contributed by atoms with van der Waals surface area (Å²) in [5.74, 6) is 2.11. The van der Waals surface area contributed by atoms with Gasteiger partial charge in [0.2, 0.25) is 17.8 Å². The van der Waals surface area contributed by atoms with E-state index in [1.54, 1.807) is 5.01 Å². The minimum atomic E-state index is 0.0620. The molecule has 0 radical (unpaired) electrons. The molecule has 4 heterocycles. The summed E-state index contributed by atoms with van der Waals surface area (Å²) in [5, 5.41) is 12.4. The first-order valence-electron chi connectivity index (χ1n) is 13.7. The van der Waals surface area contributed by atoms with Gasteiger partial charge in [-0.3, -0.25) is 5.01 Å². The van der Waals surface area contributed by atoms with Crippen molar-refractivity contribution in [3.8, 4) is 0 Å². The standard InChI is InChI=1S/C28H37N11O/c1-21(18-39(29-3)19-25-17-30-9-14-40-25)35-26-33-20-34-28(36-26)38-12-10-37(11-13-38)27-31-15-24(16-32-27)22(2)23-7-5-4-6-8-23/h4-8,15-16,18,20,22,25,30H,3,9-14,17,19H2,1-2H3,(H,33,34,35,36)/b21-18+/t22-,25?/m1/s1. The first kappa shape index (κ1) is 27.4. The summed E-state index contributed by atoms with van der Waals surface area (Å²) in [4.78, 5) is 27.1. The molecule has 12 heteroatoms. The molecule has 0 aliphatic carbocycles. The quantitative estimate of drug-likeness (QED) is 0.290. The zero-order chi connectivity index (χ0) is 27.7. The number of hydrazone groups is 1. The highest BCUT2D eigenvalue weighted by molar-refractivity contribution is 5.42. The van der Waals surface area contributed by atoms with Gasteiger partial charge in [-0.25, -0.2) is 19.9 Å². The van der Waals surface area contributed by atoms with Crippen LogP contribution in [0.15, 0.2) is 66.1 Å². The number of piperazine rings is 1. The molecule has 2 aromatic heterocycles. The molecule has 2 fully saturated rings. The van der Waals surface area contributed by atoms with Gasteiger partial charge in [-0.2, -0.15) is 10.1 Å². The lowest BCUT2D eigenvalue weighted by Gasteiger charge is -2.34. The first-order chi connectivity index (χ1) is 19.6. The number of allylic oxidation sites excluding steroid dienone is 1. The Hall–Kier alpha value is -4.16. The van der Waals surface area contributed by atoms with Crippen LogP contribution in [0.1, 0.15) is 30.9 Å². The lowest BCUT2D eigenvalue weighted by Crippen LogP contribution is -2.47. The van der Waals surface area contributed by atoms with Crippen LogP contribution in [-0.2, 0) is 4.74 Å². The van der Waals surface area contributed by atoms with Gasteiger partial charge in [-0.05, 0) is 18.1 Å². The zero-order valence-corrected chi connectivity index (χ0v) is 23.1. The number of benzene rings is 1. The van der Waals surface area contributed by atoms with Crippen LogP contribution in [0.2, 0.25) is 0 Å². The fourth-order valence-electron chi connectivity index (χ4n) is 4.79. The highest BCUT2D eigenvalue weighted by Crippen LogP contribution is 2.24. The Bertz CT molecular complexity index is 1260. The molecule has 0 amide bonds. The van der Waals surface area contributed by atoms with Crippen molar-refractivity contribution in [2.45, 2.75) is 25.9 Å². The number of nitrogens with zero attached hydrogens (tertiary/aromatic N) is 9. The fraction of sp³-hybridized carbons (Fsp3) is 0.429. The summed E-state index contributed by atoms with van der Waals surface area (Å²) in [5.41, 5.74) is 3.19. The Labute approximate surface area is 235 Å². The van der Waals surface area contributed by atoms with Gasteiger partial charge < -0.3 is 25.2 Å². The second kappa shape index (κ2) is 13.3. The maximum Gasteiger partial charge on any atom is 0.231 e. The highest BCUT2D eigenvalue weighted by Gasteiger charge is 2.22. The molecule has 2 aliphatic heterocycles. The average molecular weight is 544 g/mol. The Morgan fingerprint density at radius 3 is 2.50 bits per heavy atom. The Morgan fingerprint density at radius 2 is 1.82 bits per heavy atom. The molecule has 1 aromatic carbocycles. The molecule has 12 nitrogen and oxygen atoms in total. The molecule has 2 aliphatic rings. The molecule has 1 unspecified atom stereocenters. The lowest BCUT2D eigenvalue weighted by atomic mass is 9.96. The molecule has 3 aromatic rings. The molecular formula is C28H37N11O. The van der Waals surface area contributed by atoms with E-state index in [0.29, 0.717) is 25.0 Å². The van der Waals surface area contributed by atoms with Gasteiger partial charge in [0.05, 0.1) is 19.3 Å². The van der Waals surface area contributed by atoms with Crippen molar-refractivity contribution in [1.29, 1.82) is 0 Å². The van der Waals surface area contributed by atoms with E-state index in [1.807, 2.05) is 31.6 Å². The van der Waals surface area contributed by atoms with Crippen molar-refractivity contribution in [2.75, 3.05) is 67.5 Å². The first-order valence-corrected chi connectivity index (χ1v) is 13.7. The molecule has 2 N–H and O–H groups in total. The Morgan fingerprint density at radius 1 is 1.10 bits per heavy atom. The minimum absolute atomic E-state index is 0.0620. The zero-order valence-electron chi connectivity index (χ0n) is 23.1. The van der Waals surface area contributed by atoms with Crippen LogP contribution >= 0.6 is 0 Å². The van der Waals surface area contributed by atoms with Crippen LogP contribution in [-0.4, -0.2) is 95.2 Å². The van der Waals surface area contributed by atoms with E-state index in [1.165, 1.54) is 11.9 Å². The summed E-state index contributed by atoms with van der Waals surface area (Å²) < 4.78 is 5.77. The molecule has 0 saturated carbocycles. The van der Waals surface area contributed by atoms with E-state index < -0.39 is 0 Å². The number of hydrogen-bond donors (Lipinski definition) is 2. The second-order valence-electron chi connectivity index (χ2n) is 9.93. The van der Waals surface area contributed by atoms with Crippen molar-refractivity contribution in [3.63, 3.8) is 0 Å². The van der Waals surface area contributed by atoms with E-state index in [-0.39, 0.29) is 12.0 Å². The molecule has 210 valence electrons. The van der Waals surface area contributed by atoms with Crippen LogP contribution in [0.25, 0.3) is 0 Å². The third kappa shape index (κ3) is 7.07. The summed E-state index contributed by atoms with van der Waals surface area (Å²) in [6, 6.07) is 10.4. The highest BCUT2D eigenvalue weighted by atomic mass is 16.5. The molecule has 40 heavy (non-hydrogen) atoms. The largest absolute Gasteiger partial charge is 0.374 e. The molecule has 0 bridgehead atoms. The maximum atomic E-state index is 5.77. The second-order valence-corrected chi connectivity index (χ2v) is 9.93. The fourth-order valence-corrected chi connectivity index (χ4v) is 4.79. The predicted octanol–water partition coefficient (Wildman–Crippen LogP) is 2.32. The van der Waals surface area contributed by atoms with Gasteiger partial charge in [0.1, 0.15) is 6.33 Å². The number of nitrogens with one attached hydrogen (secondary N) is 2. The normalized spacial score (nSPS) is 18.8. The van der Waals surface area contributed by atoms with Crippen LogP contribution < -0.4 is 20.4 Å². The van der Waals surface area contributed by atoms with E-state index in [2.05, 4.69) is 88.4 Å².